The molecular formula is C18H16OS. The minimum atomic E-state index is 0.342. The molecule has 2 heteroatoms. The highest BCUT2D eigenvalue weighted by Gasteiger charge is 2.10. The monoisotopic (exact) mass is 280 g/mol. The summed E-state index contributed by atoms with van der Waals surface area (Å²) in [4.78, 5) is 2.12. The van der Waals surface area contributed by atoms with E-state index in [2.05, 4.69) is 44.2 Å². The van der Waals surface area contributed by atoms with Crippen LogP contribution in [0.2, 0.25) is 0 Å². The zero-order valence-electron chi connectivity index (χ0n) is 11.6. The lowest BCUT2D eigenvalue weighted by atomic mass is 10.1. The van der Waals surface area contributed by atoms with Crippen molar-refractivity contribution in [1.29, 1.82) is 0 Å². The van der Waals surface area contributed by atoms with Gasteiger partial charge in [-0.15, -0.1) is 0 Å². The molecule has 0 spiro atoms. The number of hydrogen-bond donors (Lipinski definition) is 1. The van der Waals surface area contributed by atoms with E-state index in [9.17, 15) is 5.11 Å². The molecule has 0 aliphatic carbocycles. The molecule has 0 fully saturated rings. The molecule has 0 heterocycles. The van der Waals surface area contributed by atoms with Gasteiger partial charge in [0.05, 0.1) is 4.90 Å². The minimum absolute atomic E-state index is 0.342. The van der Waals surface area contributed by atoms with Crippen molar-refractivity contribution in [2.75, 3.05) is 0 Å². The number of rotatable bonds is 2. The van der Waals surface area contributed by atoms with Gasteiger partial charge in [0.15, 0.2) is 0 Å². The maximum Gasteiger partial charge on any atom is 0.130 e. The van der Waals surface area contributed by atoms with Gasteiger partial charge in [0, 0.05) is 4.90 Å². The highest BCUT2D eigenvalue weighted by atomic mass is 32.2. The Morgan fingerprint density at radius 1 is 0.900 bits per heavy atom. The maximum absolute atomic E-state index is 10.2. The van der Waals surface area contributed by atoms with Crippen LogP contribution in [-0.2, 0) is 0 Å². The summed E-state index contributed by atoms with van der Waals surface area (Å²) in [6, 6.07) is 18.3. The van der Waals surface area contributed by atoms with E-state index in [4.69, 9.17) is 0 Å². The van der Waals surface area contributed by atoms with Gasteiger partial charge in [-0.05, 0) is 47.9 Å². The van der Waals surface area contributed by atoms with Crippen LogP contribution in [0.4, 0.5) is 0 Å². The van der Waals surface area contributed by atoms with Gasteiger partial charge in [0.1, 0.15) is 5.75 Å². The SMILES string of the molecule is Cc1ccc(C)c(Sc2c(O)ccc3ccccc23)c1. The summed E-state index contributed by atoms with van der Waals surface area (Å²) < 4.78 is 0. The second kappa shape index (κ2) is 5.22. The average molecular weight is 280 g/mol. The predicted molar refractivity (Wildman–Crippen MR) is 85.7 cm³/mol. The van der Waals surface area contributed by atoms with Crippen LogP contribution in [0.3, 0.4) is 0 Å². The Bertz CT molecular complexity index is 777. The van der Waals surface area contributed by atoms with Crippen molar-refractivity contribution in [1.82, 2.24) is 0 Å². The van der Waals surface area contributed by atoms with Crippen LogP contribution < -0.4 is 0 Å². The molecule has 20 heavy (non-hydrogen) atoms. The molecular weight excluding hydrogens is 264 g/mol. The molecule has 3 rings (SSSR count). The van der Waals surface area contributed by atoms with Gasteiger partial charge in [-0.1, -0.05) is 54.2 Å². The third kappa shape index (κ3) is 2.39. The lowest BCUT2D eigenvalue weighted by molar-refractivity contribution is 0.464. The summed E-state index contributed by atoms with van der Waals surface area (Å²) >= 11 is 1.63. The van der Waals surface area contributed by atoms with Gasteiger partial charge in [-0.25, -0.2) is 0 Å². The summed E-state index contributed by atoms with van der Waals surface area (Å²) in [5.74, 6) is 0.342. The van der Waals surface area contributed by atoms with Crippen LogP contribution in [0.5, 0.6) is 5.75 Å². The van der Waals surface area contributed by atoms with Crippen molar-refractivity contribution in [3.63, 3.8) is 0 Å². The normalized spacial score (nSPS) is 10.9. The van der Waals surface area contributed by atoms with E-state index in [1.165, 1.54) is 16.0 Å². The fourth-order valence-electron chi connectivity index (χ4n) is 2.27. The number of phenolic OH excluding ortho intramolecular Hbond substituents is 1. The fraction of sp³-hybridized carbons (Fsp3) is 0.111. The zero-order chi connectivity index (χ0) is 14.1. The summed E-state index contributed by atoms with van der Waals surface area (Å²) in [6.45, 7) is 4.19. The van der Waals surface area contributed by atoms with Crippen molar-refractivity contribution in [2.45, 2.75) is 23.6 Å². The Labute approximate surface area is 123 Å². The standard InChI is InChI=1S/C18H16OS/c1-12-7-8-13(2)17(11-12)20-18-15-6-4-3-5-14(15)9-10-16(18)19/h3-11,19H,1-2H3. The second-order valence-corrected chi connectivity index (χ2v) is 6.06. The quantitative estimate of drug-likeness (QED) is 0.686. The van der Waals surface area contributed by atoms with E-state index in [1.807, 2.05) is 18.2 Å². The number of hydrogen-bond acceptors (Lipinski definition) is 2. The molecule has 0 bridgehead atoms. The topological polar surface area (TPSA) is 20.2 Å². The largest absolute Gasteiger partial charge is 0.507 e. The summed E-state index contributed by atoms with van der Waals surface area (Å²) in [6.07, 6.45) is 0. The summed E-state index contributed by atoms with van der Waals surface area (Å²) in [5.41, 5.74) is 2.46. The number of phenols is 1. The van der Waals surface area contributed by atoms with Crippen molar-refractivity contribution >= 4 is 22.5 Å². The first-order valence-corrected chi connectivity index (χ1v) is 7.42. The van der Waals surface area contributed by atoms with Gasteiger partial charge in [-0.3, -0.25) is 0 Å². The molecule has 0 amide bonds. The number of aryl methyl sites for hydroxylation is 2. The van der Waals surface area contributed by atoms with Crippen LogP contribution >= 0.6 is 11.8 Å². The Morgan fingerprint density at radius 3 is 2.55 bits per heavy atom. The maximum atomic E-state index is 10.2. The zero-order valence-corrected chi connectivity index (χ0v) is 12.4. The lowest BCUT2D eigenvalue weighted by Crippen LogP contribution is -1.84. The summed E-state index contributed by atoms with van der Waals surface area (Å²) in [5, 5.41) is 12.5. The van der Waals surface area contributed by atoms with E-state index < -0.39 is 0 Å². The number of fused-ring (bicyclic) bond motifs is 1. The van der Waals surface area contributed by atoms with Crippen molar-refractivity contribution in [2.24, 2.45) is 0 Å². The van der Waals surface area contributed by atoms with Crippen molar-refractivity contribution in [3.8, 4) is 5.75 Å². The van der Waals surface area contributed by atoms with Crippen LogP contribution in [0.1, 0.15) is 11.1 Å². The molecule has 0 atom stereocenters. The highest BCUT2D eigenvalue weighted by molar-refractivity contribution is 7.99. The Kier molecular flexibility index (Phi) is 3.41. The first-order chi connectivity index (χ1) is 9.65. The highest BCUT2D eigenvalue weighted by Crippen LogP contribution is 2.41. The number of aromatic hydroxyl groups is 1. The van der Waals surface area contributed by atoms with E-state index >= 15 is 0 Å². The third-order valence-corrected chi connectivity index (χ3v) is 4.71. The molecule has 3 aromatic rings. The first-order valence-electron chi connectivity index (χ1n) is 6.61. The average Bonchev–Trinajstić information content (AvgIpc) is 2.46. The van der Waals surface area contributed by atoms with E-state index in [1.54, 1.807) is 17.8 Å². The fourth-order valence-corrected chi connectivity index (χ4v) is 3.43. The van der Waals surface area contributed by atoms with Crippen LogP contribution in [-0.4, -0.2) is 5.11 Å². The van der Waals surface area contributed by atoms with Crippen molar-refractivity contribution < 1.29 is 5.11 Å². The van der Waals surface area contributed by atoms with Crippen LogP contribution in [0.15, 0.2) is 64.4 Å². The molecule has 0 saturated heterocycles. The Morgan fingerprint density at radius 2 is 1.70 bits per heavy atom. The predicted octanol–water partition coefficient (Wildman–Crippen LogP) is 5.31. The van der Waals surface area contributed by atoms with Gasteiger partial charge in [0.25, 0.3) is 0 Å². The molecule has 0 aliphatic rings. The first kappa shape index (κ1) is 13.1. The number of benzene rings is 3. The summed E-state index contributed by atoms with van der Waals surface area (Å²) in [7, 11) is 0. The molecule has 0 saturated carbocycles. The Hall–Kier alpha value is -1.93. The van der Waals surface area contributed by atoms with E-state index in [0.29, 0.717) is 5.75 Å². The van der Waals surface area contributed by atoms with E-state index in [-0.39, 0.29) is 0 Å². The third-order valence-electron chi connectivity index (χ3n) is 3.41. The Balaban J connectivity index is 2.15. The van der Waals surface area contributed by atoms with Crippen LogP contribution in [0.25, 0.3) is 10.8 Å². The van der Waals surface area contributed by atoms with Crippen LogP contribution in [0, 0.1) is 13.8 Å². The van der Waals surface area contributed by atoms with Gasteiger partial charge in [0.2, 0.25) is 0 Å². The van der Waals surface area contributed by atoms with Gasteiger partial charge in [-0.2, -0.15) is 0 Å². The molecule has 0 unspecified atom stereocenters. The smallest absolute Gasteiger partial charge is 0.130 e. The van der Waals surface area contributed by atoms with E-state index in [0.717, 1.165) is 15.7 Å². The van der Waals surface area contributed by atoms with Gasteiger partial charge >= 0.3 is 0 Å². The lowest BCUT2D eigenvalue weighted by Gasteiger charge is -2.11. The minimum Gasteiger partial charge on any atom is -0.507 e. The molecule has 0 aromatic heterocycles. The molecule has 0 aliphatic heterocycles. The molecule has 1 nitrogen and oxygen atoms in total. The molecule has 1 N–H and O–H groups in total. The van der Waals surface area contributed by atoms with Gasteiger partial charge < -0.3 is 5.11 Å². The molecule has 3 aromatic carbocycles. The molecule has 0 radical (unpaired) electrons. The second-order valence-electron chi connectivity index (χ2n) is 5.01. The molecule has 100 valence electrons. The van der Waals surface area contributed by atoms with Crippen molar-refractivity contribution in [3.05, 3.63) is 65.7 Å².